The van der Waals surface area contributed by atoms with Gasteiger partial charge in [0.2, 0.25) is 0 Å². The zero-order valence-corrected chi connectivity index (χ0v) is 12.6. The summed E-state index contributed by atoms with van der Waals surface area (Å²) in [5.74, 6) is -0.292. The zero-order valence-electron chi connectivity index (χ0n) is 12.6. The van der Waals surface area contributed by atoms with Crippen molar-refractivity contribution >= 4 is 5.97 Å². The third-order valence-corrected chi connectivity index (χ3v) is 3.00. The highest BCUT2D eigenvalue weighted by Gasteiger charge is 2.27. The van der Waals surface area contributed by atoms with Crippen molar-refractivity contribution in [3.05, 3.63) is 24.3 Å². The maximum atomic E-state index is 12.0. The van der Waals surface area contributed by atoms with Gasteiger partial charge in [-0.1, -0.05) is 13.0 Å². The van der Waals surface area contributed by atoms with E-state index in [1.807, 2.05) is 6.92 Å². The van der Waals surface area contributed by atoms with Crippen molar-refractivity contribution in [2.45, 2.75) is 39.4 Å². The molecule has 0 aliphatic carbocycles. The van der Waals surface area contributed by atoms with Crippen LogP contribution in [-0.4, -0.2) is 34.9 Å². The van der Waals surface area contributed by atoms with Crippen LogP contribution in [0.25, 0.3) is 0 Å². The topological polar surface area (TPSA) is 88.0 Å². The largest absolute Gasteiger partial charge is 0.508 e. The Labute approximate surface area is 124 Å². The van der Waals surface area contributed by atoms with Crippen molar-refractivity contribution in [3.8, 4) is 11.5 Å². The molecule has 0 fully saturated rings. The van der Waals surface area contributed by atoms with Crippen LogP contribution >= 0.6 is 0 Å². The normalized spacial score (nSPS) is 15.0. The van der Waals surface area contributed by atoms with Gasteiger partial charge in [-0.25, -0.2) is 4.79 Å². The Kier molecular flexibility index (Phi) is 6.98. The van der Waals surface area contributed by atoms with Gasteiger partial charge in [0, 0.05) is 6.07 Å². The molecule has 0 amide bonds. The highest BCUT2D eigenvalue weighted by molar-refractivity contribution is 5.72. The SMILES string of the molecule is CCC(C(=O)ONCC(C)O)C(C)Oc1cccc(O)c1. The average molecular weight is 297 g/mol. The summed E-state index contributed by atoms with van der Waals surface area (Å²) in [5, 5.41) is 18.5. The second-order valence-electron chi connectivity index (χ2n) is 4.95. The van der Waals surface area contributed by atoms with Crippen molar-refractivity contribution in [2.75, 3.05) is 6.54 Å². The van der Waals surface area contributed by atoms with Crippen LogP contribution in [0.4, 0.5) is 0 Å². The molecule has 3 N–H and O–H groups in total. The molecule has 1 rings (SSSR count). The summed E-state index contributed by atoms with van der Waals surface area (Å²) in [5.41, 5.74) is 2.43. The molecule has 6 nitrogen and oxygen atoms in total. The molecular formula is C15H23NO5. The number of carbonyl (C=O) groups excluding carboxylic acids is 1. The van der Waals surface area contributed by atoms with Crippen LogP contribution < -0.4 is 10.2 Å². The number of aliphatic hydroxyl groups excluding tert-OH is 1. The summed E-state index contributed by atoms with van der Waals surface area (Å²) < 4.78 is 5.66. The molecule has 0 aliphatic rings. The standard InChI is InChI=1S/C15H23NO5/c1-4-14(15(19)21-16-9-10(2)17)11(3)20-13-7-5-6-12(18)8-13/h5-8,10-11,14,16-18H,4,9H2,1-3H3. The molecule has 0 aromatic heterocycles. The molecule has 0 saturated heterocycles. The molecule has 6 heteroatoms. The number of carbonyl (C=O) groups is 1. The first kappa shape index (κ1) is 17.3. The molecule has 3 atom stereocenters. The molecular weight excluding hydrogens is 274 g/mol. The summed E-state index contributed by atoms with van der Waals surface area (Å²) in [6, 6.07) is 6.41. The molecule has 0 aliphatic heterocycles. The van der Waals surface area contributed by atoms with E-state index >= 15 is 0 Å². The number of hydrogen-bond acceptors (Lipinski definition) is 6. The number of nitrogens with one attached hydrogen (secondary N) is 1. The van der Waals surface area contributed by atoms with Crippen molar-refractivity contribution in [2.24, 2.45) is 5.92 Å². The third kappa shape index (κ3) is 6.01. The molecule has 21 heavy (non-hydrogen) atoms. The first-order valence-electron chi connectivity index (χ1n) is 7.01. The summed E-state index contributed by atoms with van der Waals surface area (Å²) in [4.78, 5) is 16.9. The minimum absolute atomic E-state index is 0.105. The third-order valence-electron chi connectivity index (χ3n) is 3.00. The maximum Gasteiger partial charge on any atom is 0.331 e. The molecule has 0 bridgehead atoms. The lowest BCUT2D eigenvalue weighted by molar-refractivity contribution is -0.160. The predicted molar refractivity (Wildman–Crippen MR) is 77.8 cm³/mol. The maximum absolute atomic E-state index is 12.0. The molecule has 0 spiro atoms. The molecule has 3 unspecified atom stereocenters. The Morgan fingerprint density at radius 2 is 2.10 bits per heavy atom. The van der Waals surface area contributed by atoms with Crippen molar-refractivity contribution < 1.29 is 24.6 Å². The fourth-order valence-electron chi connectivity index (χ4n) is 1.85. The van der Waals surface area contributed by atoms with E-state index in [2.05, 4.69) is 5.48 Å². The van der Waals surface area contributed by atoms with Gasteiger partial charge in [-0.2, -0.15) is 5.48 Å². The number of aliphatic hydroxyl groups is 1. The van der Waals surface area contributed by atoms with Crippen molar-refractivity contribution in [1.29, 1.82) is 0 Å². The molecule has 1 aromatic rings. The lowest BCUT2D eigenvalue weighted by atomic mass is 10.0. The van der Waals surface area contributed by atoms with E-state index in [0.717, 1.165) is 0 Å². The van der Waals surface area contributed by atoms with Gasteiger partial charge in [0.1, 0.15) is 17.6 Å². The quantitative estimate of drug-likeness (QED) is 0.632. The van der Waals surface area contributed by atoms with Gasteiger partial charge < -0.3 is 19.8 Å². The summed E-state index contributed by atoms with van der Waals surface area (Å²) >= 11 is 0. The lowest BCUT2D eigenvalue weighted by Crippen LogP contribution is -2.36. The fourth-order valence-corrected chi connectivity index (χ4v) is 1.85. The number of phenolic OH excluding ortho intramolecular Hbond substituents is 1. The minimum Gasteiger partial charge on any atom is -0.508 e. The van der Waals surface area contributed by atoms with Crippen LogP contribution in [0.5, 0.6) is 11.5 Å². The van der Waals surface area contributed by atoms with Gasteiger partial charge in [0.25, 0.3) is 0 Å². The van der Waals surface area contributed by atoms with Crippen LogP contribution in [0.1, 0.15) is 27.2 Å². The lowest BCUT2D eigenvalue weighted by Gasteiger charge is -2.22. The highest BCUT2D eigenvalue weighted by Crippen LogP contribution is 2.22. The van der Waals surface area contributed by atoms with E-state index in [4.69, 9.17) is 14.7 Å². The van der Waals surface area contributed by atoms with Crippen LogP contribution in [0.2, 0.25) is 0 Å². The first-order valence-corrected chi connectivity index (χ1v) is 7.01. The zero-order chi connectivity index (χ0) is 15.8. The van der Waals surface area contributed by atoms with E-state index in [1.54, 1.807) is 32.0 Å². The van der Waals surface area contributed by atoms with Gasteiger partial charge in [0.15, 0.2) is 0 Å². The second kappa shape index (κ2) is 8.49. The second-order valence-corrected chi connectivity index (χ2v) is 4.95. The van der Waals surface area contributed by atoms with E-state index in [1.165, 1.54) is 6.07 Å². The smallest absolute Gasteiger partial charge is 0.331 e. The fraction of sp³-hybridized carbons (Fsp3) is 0.533. The monoisotopic (exact) mass is 297 g/mol. The van der Waals surface area contributed by atoms with E-state index in [9.17, 15) is 9.90 Å². The Hall–Kier alpha value is -1.79. The Balaban J connectivity index is 2.55. The molecule has 0 heterocycles. The van der Waals surface area contributed by atoms with Gasteiger partial charge in [0.05, 0.1) is 18.6 Å². The van der Waals surface area contributed by atoms with Gasteiger partial charge in [-0.15, -0.1) is 0 Å². The van der Waals surface area contributed by atoms with Crippen LogP contribution in [-0.2, 0) is 9.63 Å². The van der Waals surface area contributed by atoms with E-state index in [0.29, 0.717) is 12.2 Å². The summed E-state index contributed by atoms with van der Waals surface area (Å²) in [6.07, 6.45) is -0.452. The number of hydroxylamine groups is 1. The molecule has 118 valence electrons. The molecule has 0 saturated carbocycles. The summed E-state index contributed by atoms with van der Waals surface area (Å²) in [7, 11) is 0. The van der Waals surface area contributed by atoms with Crippen LogP contribution in [0.3, 0.4) is 0 Å². The molecule has 0 radical (unpaired) electrons. The Bertz CT molecular complexity index is 449. The predicted octanol–water partition coefficient (Wildman–Crippen LogP) is 1.61. The van der Waals surface area contributed by atoms with Crippen molar-refractivity contribution in [3.63, 3.8) is 0 Å². The minimum atomic E-state index is -0.598. The number of rotatable bonds is 8. The van der Waals surface area contributed by atoms with E-state index < -0.39 is 24.1 Å². The number of hydrogen-bond donors (Lipinski definition) is 3. The van der Waals surface area contributed by atoms with Gasteiger partial charge in [-0.05, 0) is 32.4 Å². The Morgan fingerprint density at radius 3 is 2.67 bits per heavy atom. The van der Waals surface area contributed by atoms with Crippen molar-refractivity contribution in [1.82, 2.24) is 5.48 Å². The van der Waals surface area contributed by atoms with Crippen LogP contribution in [0.15, 0.2) is 24.3 Å². The Morgan fingerprint density at radius 1 is 1.38 bits per heavy atom. The number of phenols is 1. The van der Waals surface area contributed by atoms with E-state index in [-0.39, 0.29) is 12.3 Å². The average Bonchev–Trinajstić information content (AvgIpc) is 2.39. The number of benzene rings is 1. The highest BCUT2D eigenvalue weighted by atomic mass is 16.7. The summed E-state index contributed by atoms with van der Waals surface area (Å²) in [6.45, 7) is 5.40. The van der Waals surface area contributed by atoms with Gasteiger partial charge >= 0.3 is 5.97 Å². The molecule has 1 aromatic carbocycles. The first-order chi connectivity index (χ1) is 9.93. The van der Waals surface area contributed by atoms with Gasteiger partial charge in [-0.3, -0.25) is 0 Å². The van der Waals surface area contributed by atoms with Crippen LogP contribution in [0, 0.1) is 5.92 Å². The number of ether oxygens (including phenoxy) is 1. The number of aromatic hydroxyl groups is 1.